The number of nitrogens with one attached hydrogen (secondary N) is 2. The summed E-state index contributed by atoms with van der Waals surface area (Å²) in [5.41, 5.74) is 0. The normalized spacial score (nSPS) is 11.6. The zero-order valence-electron chi connectivity index (χ0n) is 8.87. The lowest BCUT2D eigenvalue weighted by Gasteiger charge is -2.15. The molecule has 0 unspecified atom stereocenters. The quantitative estimate of drug-likeness (QED) is 0.557. The first-order chi connectivity index (χ1) is 6.95. The summed E-state index contributed by atoms with van der Waals surface area (Å²) in [6.45, 7) is 1.33. The van der Waals surface area contributed by atoms with E-state index in [1.807, 2.05) is 0 Å². The Morgan fingerprint density at radius 2 is 1.93 bits per heavy atom. The fourth-order valence-electron chi connectivity index (χ4n) is 1.14. The summed E-state index contributed by atoms with van der Waals surface area (Å²) in [7, 11) is 1.49. The number of amides is 2. The van der Waals surface area contributed by atoms with Crippen molar-refractivity contribution in [2.75, 3.05) is 7.05 Å². The zero-order valence-corrected chi connectivity index (χ0v) is 8.87. The first kappa shape index (κ1) is 13.4. The molecule has 2 amide bonds. The van der Waals surface area contributed by atoms with E-state index in [2.05, 4.69) is 10.6 Å². The third-order valence-electron chi connectivity index (χ3n) is 1.82. The minimum Gasteiger partial charge on any atom is -0.481 e. The van der Waals surface area contributed by atoms with Crippen LogP contribution in [-0.4, -0.2) is 36.0 Å². The molecule has 1 atom stereocenters. The van der Waals surface area contributed by atoms with Gasteiger partial charge in [-0.25, -0.2) is 0 Å². The molecule has 0 heterocycles. The largest absolute Gasteiger partial charge is 0.481 e. The molecule has 0 bridgehead atoms. The van der Waals surface area contributed by atoms with Crippen LogP contribution in [0.5, 0.6) is 0 Å². The molecule has 0 aromatic heterocycles. The van der Waals surface area contributed by atoms with Crippen molar-refractivity contribution in [3.8, 4) is 0 Å². The van der Waals surface area contributed by atoms with Gasteiger partial charge >= 0.3 is 5.97 Å². The fourth-order valence-corrected chi connectivity index (χ4v) is 1.14. The monoisotopic (exact) mass is 216 g/mol. The minimum absolute atomic E-state index is 0.0675. The van der Waals surface area contributed by atoms with Crippen LogP contribution in [0.4, 0.5) is 0 Å². The van der Waals surface area contributed by atoms with Crippen LogP contribution in [0, 0.1) is 0 Å². The SMILES string of the molecule is CNC(=O)C[C@@H](CCC(=O)O)NC(C)=O. The number of carbonyl (C=O) groups excluding carboxylic acids is 2. The molecule has 6 heteroatoms. The van der Waals surface area contributed by atoms with Crippen molar-refractivity contribution in [3.63, 3.8) is 0 Å². The van der Waals surface area contributed by atoms with Crippen LogP contribution in [0.15, 0.2) is 0 Å². The molecular formula is C9H16N2O4. The molecule has 0 rings (SSSR count). The maximum Gasteiger partial charge on any atom is 0.303 e. The predicted molar refractivity (Wildman–Crippen MR) is 53.2 cm³/mol. The summed E-state index contributed by atoms with van der Waals surface area (Å²) in [6.07, 6.45) is 0.285. The summed E-state index contributed by atoms with van der Waals surface area (Å²) in [5.74, 6) is -1.43. The van der Waals surface area contributed by atoms with Gasteiger partial charge in [0.1, 0.15) is 0 Å². The lowest BCUT2D eigenvalue weighted by atomic mass is 10.1. The van der Waals surface area contributed by atoms with Crippen molar-refractivity contribution in [2.45, 2.75) is 32.2 Å². The van der Waals surface area contributed by atoms with Gasteiger partial charge < -0.3 is 15.7 Å². The van der Waals surface area contributed by atoms with Gasteiger partial charge in [0.05, 0.1) is 0 Å². The molecule has 15 heavy (non-hydrogen) atoms. The summed E-state index contributed by atoms with van der Waals surface area (Å²) in [5, 5.41) is 13.4. The van der Waals surface area contributed by atoms with Gasteiger partial charge in [-0.05, 0) is 6.42 Å². The maximum atomic E-state index is 11.0. The van der Waals surface area contributed by atoms with Gasteiger partial charge in [-0.3, -0.25) is 14.4 Å². The Kier molecular flexibility index (Phi) is 6.08. The minimum atomic E-state index is -0.942. The van der Waals surface area contributed by atoms with Crippen molar-refractivity contribution >= 4 is 17.8 Å². The van der Waals surface area contributed by atoms with E-state index in [-0.39, 0.29) is 31.1 Å². The highest BCUT2D eigenvalue weighted by atomic mass is 16.4. The van der Waals surface area contributed by atoms with Gasteiger partial charge in [-0.2, -0.15) is 0 Å². The molecule has 0 aliphatic heterocycles. The summed E-state index contributed by atoms with van der Waals surface area (Å²) >= 11 is 0. The molecule has 0 aliphatic rings. The summed E-state index contributed by atoms with van der Waals surface area (Å²) in [4.78, 5) is 32.1. The number of hydrogen-bond donors (Lipinski definition) is 3. The molecule has 0 radical (unpaired) electrons. The Morgan fingerprint density at radius 1 is 1.33 bits per heavy atom. The predicted octanol–water partition coefficient (Wildman–Crippen LogP) is -0.508. The van der Waals surface area contributed by atoms with Crippen molar-refractivity contribution in [1.82, 2.24) is 10.6 Å². The molecule has 6 nitrogen and oxygen atoms in total. The maximum absolute atomic E-state index is 11.0. The Morgan fingerprint density at radius 3 is 2.33 bits per heavy atom. The molecule has 0 spiro atoms. The standard InChI is InChI=1S/C9H16N2O4/c1-6(12)11-7(3-4-9(14)15)5-8(13)10-2/h7H,3-5H2,1-2H3,(H,10,13)(H,11,12)(H,14,15)/t7-/m1/s1. The molecule has 0 aromatic carbocycles. The van der Waals surface area contributed by atoms with Crippen LogP contribution in [0.25, 0.3) is 0 Å². The van der Waals surface area contributed by atoms with Crippen LogP contribution in [0.3, 0.4) is 0 Å². The van der Waals surface area contributed by atoms with E-state index in [9.17, 15) is 14.4 Å². The van der Waals surface area contributed by atoms with Crippen LogP contribution in [-0.2, 0) is 14.4 Å². The van der Waals surface area contributed by atoms with Crippen molar-refractivity contribution in [3.05, 3.63) is 0 Å². The van der Waals surface area contributed by atoms with Gasteiger partial charge in [0.2, 0.25) is 11.8 Å². The molecule has 0 saturated heterocycles. The van der Waals surface area contributed by atoms with Crippen LogP contribution < -0.4 is 10.6 Å². The highest BCUT2D eigenvalue weighted by molar-refractivity contribution is 5.78. The molecule has 0 aliphatic carbocycles. The van der Waals surface area contributed by atoms with Gasteiger partial charge in [0.15, 0.2) is 0 Å². The molecule has 3 N–H and O–H groups in total. The van der Waals surface area contributed by atoms with Crippen LogP contribution in [0.2, 0.25) is 0 Å². The van der Waals surface area contributed by atoms with Gasteiger partial charge in [0.25, 0.3) is 0 Å². The Labute approximate surface area is 88.0 Å². The lowest BCUT2D eigenvalue weighted by molar-refractivity contribution is -0.137. The van der Waals surface area contributed by atoms with E-state index in [0.717, 1.165) is 0 Å². The highest BCUT2D eigenvalue weighted by Gasteiger charge is 2.15. The third-order valence-corrected chi connectivity index (χ3v) is 1.82. The highest BCUT2D eigenvalue weighted by Crippen LogP contribution is 2.02. The number of carboxylic acids is 1. The first-order valence-electron chi connectivity index (χ1n) is 4.65. The first-order valence-corrected chi connectivity index (χ1v) is 4.65. The van der Waals surface area contributed by atoms with E-state index in [0.29, 0.717) is 0 Å². The molecule has 0 saturated carbocycles. The van der Waals surface area contributed by atoms with E-state index >= 15 is 0 Å². The molecule has 0 aromatic rings. The van der Waals surface area contributed by atoms with Gasteiger partial charge in [-0.1, -0.05) is 0 Å². The summed E-state index contributed by atoms with van der Waals surface area (Å²) in [6, 6.07) is -0.418. The smallest absolute Gasteiger partial charge is 0.303 e. The van der Waals surface area contributed by atoms with Gasteiger partial charge in [0, 0.05) is 32.9 Å². The molecular weight excluding hydrogens is 200 g/mol. The topological polar surface area (TPSA) is 95.5 Å². The fraction of sp³-hybridized carbons (Fsp3) is 0.667. The van der Waals surface area contributed by atoms with Crippen molar-refractivity contribution in [1.29, 1.82) is 0 Å². The average Bonchev–Trinajstić information content (AvgIpc) is 2.13. The van der Waals surface area contributed by atoms with E-state index in [1.54, 1.807) is 0 Å². The summed E-state index contributed by atoms with van der Waals surface area (Å²) < 4.78 is 0. The lowest BCUT2D eigenvalue weighted by Crippen LogP contribution is -2.37. The second kappa shape index (κ2) is 6.80. The van der Waals surface area contributed by atoms with E-state index in [1.165, 1.54) is 14.0 Å². The number of carbonyl (C=O) groups is 3. The molecule has 0 fully saturated rings. The number of aliphatic carboxylic acids is 1. The number of rotatable bonds is 6. The molecule has 86 valence electrons. The average molecular weight is 216 g/mol. The Balaban J connectivity index is 4.11. The third kappa shape index (κ3) is 7.48. The van der Waals surface area contributed by atoms with Gasteiger partial charge in [-0.15, -0.1) is 0 Å². The number of carboxylic acid groups (broad SMARTS) is 1. The Bertz CT molecular complexity index is 252. The Hall–Kier alpha value is -1.59. The zero-order chi connectivity index (χ0) is 11.8. The van der Waals surface area contributed by atoms with E-state index < -0.39 is 12.0 Å². The van der Waals surface area contributed by atoms with E-state index in [4.69, 9.17) is 5.11 Å². The number of hydrogen-bond acceptors (Lipinski definition) is 3. The van der Waals surface area contributed by atoms with Crippen LogP contribution in [0.1, 0.15) is 26.2 Å². The second-order valence-electron chi connectivity index (χ2n) is 3.21. The van der Waals surface area contributed by atoms with Crippen molar-refractivity contribution < 1.29 is 19.5 Å². The van der Waals surface area contributed by atoms with Crippen molar-refractivity contribution in [2.24, 2.45) is 0 Å². The van der Waals surface area contributed by atoms with Crippen LogP contribution >= 0.6 is 0 Å². The second-order valence-corrected chi connectivity index (χ2v) is 3.21.